The summed E-state index contributed by atoms with van der Waals surface area (Å²) in [5, 5.41) is 6.22. The van der Waals surface area contributed by atoms with Crippen LogP contribution in [0, 0.1) is 6.92 Å². The number of nitrogens with two attached hydrogens (primary N) is 2. The zero-order valence-electron chi connectivity index (χ0n) is 19.4. The van der Waals surface area contributed by atoms with Gasteiger partial charge in [-0.25, -0.2) is 0 Å². The lowest BCUT2D eigenvalue weighted by Crippen LogP contribution is -2.29. The minimum Gasteiger partial charge on any atom is -0.496 e. The predicted octanol–water partition coefficient (Wildman–Crippen LogP) is 2.72. The fourth-order valence-corrected chi connectivity index (χ4v) is 3.69. The molecule has 180 valence electrons. The molecule has 0 atom stereocenters. The molecular weight excluding hydrogens is 454 g/mol. The summed E-state index contributed by atoms with van der Waals surface area (Å²) < 4.78 is 5.25. The number of carbonyl (C=O) groups is 3. The highest BCUT2D eigenvalue weighted by Crippen LogP contribution is 2.24. The second kappa shape index (κ2) is 13.0. The van der Waals surface area contributed by atoms with Crippen molar-refractivity contribution in [2.45, 2.75) is 19.8 Å². The molecule has 0 aliphatic rings. The highest BCUT2D eigenvalue weighted by Gasteiger charge is 2.16. The van der Waals surface area contributed by atoms with E-state index in [-0.39, 0.29) is 24.1 Å². The van der Waals surface area contributed by atoms with Crippen LogP contribution in [0.25, 0.3) is 6.08 Å². The summed E-state index contributed by atoms with van der Waals surface area (Å²) in [6.07, 6.45) is 2.35. The van der Waals surface area contributed by atoms with Crippen LogP contribution in [0.2, 0.25) is 0 Å². The highest BCUT2D eigenvalue weighted by atomic mass is 32.2. The number of likely N-dealkylation sites (N-methyl/N-ethyl adjacent to an activating group) is 1. The van der Waals surface area contributed by atoms with Crippen LogP contribution in [-0.2, 0) is 14.4 Å². The number of nitrogens with one attached hydrogen (secondary N) is 1. The fraction of sp³-hybridized carbons (Fsp3) is 0.250. The van der Waals surface area contributed by atoms with E-state index in [0.29, 0.717) is 34.7 Å². The molecule has 2 rings (SSSR count). The SMILES string of the molecule is COc1ccc(/C=C(\SC=O)C(=O)N(C)CCCC(=O)Nc2ccc(/C(N)=N/N)cc2)cc1C. The maximum atomic E-state index is 12.8. The summed E-state index contributed by atoms with van der Waals surface area (Å²) in [5.74, 6) is 5.63. The second-order valence-corrected chi connectivity index (χ2v) is 8.29. The van der Waals surface area contributed by atoms with Gasteiger partial charge in [0.15, 0.2) is 5.62 Å². The molecule has 0 heterocycles. The Bertz CT molecular complexity index is 1080. The maximum Gasteiger partial charge on any atom is 0.260 e. The number of hydrazone groups is 1. The third-order valence-electron chi connectivity index (χ3n) is 4.95. The van der Waals surface area contributed by atoms with Crippen LogP contribution in [0.3, 0.4) is 0 Å². The van der Waals surface area contributed by atoms with Gasteiger partial charge in [-0.15, -0.1) is 0 Å². The molecule has 0 aromatic heterocycles. The molecule has 0 bridgehead atoms. The number of thioether (sulfide) groups is 1. The summed E-state index contributed by atoms with van der Waals surface area (Å²) in [7, 11) is 3.23. The summed E-state index contributed by atoms with van der Waals surface area (Å²) in [6.45, 7) is 2.26. The molecule has 0 aliphatic carbocycles. The van der Waals surface area contributed by atoms with E-state index in [2.05, 4.69) is 10.4 Å². The number of anilines is 1. The number of amides is 2. The molecule has 34 heavy (non-hydrogen) atoms. The number of methoxy groups -OCH3 is 1. The van der Waals surface area contributed by atoms with E-state index in [0.717, 1.165) is 28.6 Å². The average Bonchev–Trinajstić information content (AvgIpc) is 2.83. The quantitative estimate of drug-likeness (QED) is 0.111. The van der Waals surface area contributed by atoms with Gasteiger partial charge < -0.3 is 26.5 Å². The van der Waals surface area contributed by atoms with Crippen LogP contribution >= 0.6 is 11.8 Å². The van der Waals surface area contributed by atoms with Crippen LogP contribution in [0.4, 0.5) is 5.69 Å². The molecule has 2 aromatic carbocycles. The van der Waals surface area contributed by atoms with Gasteiger partial charge in [0, 0.05) is 31.3 Å². The van der Waals surface area contributed by atoms with Crippen LogP contribution in [0.1, 0.15) is 29.5 Å². The number of hydrogen-bond acceptors (Lipinski definition) is 7. The Morgan fingerprint density at radius 3 is 2.50 bits per heavy atom. The van der Waals surface area contributed by atoms with Crippen LogP contribution in [0.5, 0.6) is 5.75 Å². The molecule has 0 saturated carbocycles. The van der Waals surface area contributed by atoms with Gasteiger partial charge in [-0.1, -0.05) is 6.07 Å². The van der Waals surface area contributed by atoms with Gasteiger partial charge in [-0.2, -0.15) is 5.10 Å². The highest BCUT2D eigenvalue weighted by molar-refractivity contribution is 8.16. The van der Waals surface area contributed by atoms with Crippen LogP contribution in [0.15, 0.2) is 52.5 Å². The number of amidine groups is 1. The van der Waals surface area contributed by atoms with E-state index in [4.69, 9.17) is 16.3 Å². The third-order valence-corrected chi connectivity index (χ3v) is 5.59. The fourth-order valence-electron chi connectivity index (χ4n) is 3.13. The summed E-state index contributed by atoms with van der Waals surface area (Å²) in [5.41, 5.74) is 9.24. The lowest BCUT2D eigenvalue weighted by Gasteiger charge is -2.18. The molecule has 2 aromatic rings. The summed E-state index contributed by atoms with van der Waals surface area (Å²) in [4.78, 5) is 38.0. The molecule has 5 N–H and O–H groups in total. The Labute approximate surface area is 203 Å². The van der Waals surface area contributed by atoms with E-state index in [1.54, 1.807) is 44.5 Å². The molecule has 2 amide bonds. The summed E-state index contributed by atoms with van der Waals surface area (Å²) in [6, 6.07) is 12.3. The largest absolute Gasteiger partial charge is 0.496 e. The van der Waals surface area contributed by atoms with Crippen molar-refractivity contribution in [1.29, 1.82) is 0 Å². The van der Waals surface area contributed by atoms with Crippen molar-refractivity contribution in [1.82, 2.24) is 4.90 Å². The Kier molecular flexibility index (Phi) is 10.2. The molecular formula is C24H29N5O4S. The van der Waals surface area contributed by atoms with Gasteiger partial charge in [-0.3, -0.25) is 14.4 Å². The number of aryl methyl sites for hydroxylation is 1. The number of hydrogen-bond donors (Lipinski definition) is 3. The van der Waals surface area contributed by atoms with Gasteiger partial charge in [0.25, 0.3) is 5.91 Å². The van der Waals surface area contributed by atoms with Gasteiger partial charge in [0.2, 0.25) is 5.91 Å². The first-order valence-electron chi connectivity index (χ1n) is 10.4. The van der Waals surface area contributed by atoms with E-state index in [9.17, 15) is 14.4 Å². The first kappa shape index (κ1) is 26.5. The zero-order valence-corrected chi connectivity index (χ0v) is 20.2. The van der Waals surface area contributed by atoms with Crippen molar-refractivity contribution in [2.24, 2.45) is 16.7 Å². The first-order chi connectivity index (χ1) is 16.3. The topological polar surface area (TPSA) is 140 Å². The predicted molar refractivity (Wildman–Crippen MR) is 137 cm³/mol. The van der Waals surface area contributed by atoms with Gasteiger partial charge in [0.1, 0.15) is 11.6 Å². The van der Waals surface area contributed by atoms with Crippen molar-refractivity contribution in [2.75, 3.05) is 26.0 Å². The maximum absolute atomic E-state index is 12.8. The Morgan fingerprint density at radius 2 is 1.91 bits per heavy atom. The number of nitrogens with zero attached hydrogens (tertiary/aromatic N) is 2. The lowest BCUT2D eigenvalue weighted by molar-refractivity contribution is -0.125. The smallest absolute Gasteiger partial charge is 0.260 e. The standard InChI is InChI=1S/C24H29N5O4S/c1-16-13-17(6-11-20(16)33-3)14-21(34-15-30)24(32)29(2)12-4-5-22(31)27-19-9-7-18(8-10-19)23(25)28-26/h6-11,13-15H,4-5,12,26H2,1-3H3,(H2,25,28)(H,27,31)/b21-14-. The van der Waals surface area contributed by atoms with Gasteiger partial charge in [0.05, 0.1) is 12.0 Å². The molecule has 0 unspecified atom stereocenters. The van der Waals surface area contributed by atoms with E-state index in [1.165, 1.54) is 4.90 Å². The van der Waals surface area contributed by atoms with Crippen LogP contribution in [-0.4, -0.2) is 48.9 Å². The van der Waals surface area contributed by atoms with Crippen molar-refractivity contribution in [3.8, 4) is 5.75 Å². The lowest BCUT2D eigenvalue weighted by atomic mass is 10.1. The van der Waals surface area contributed by atoms with Crippen molar-refractivity contribution >= 4 is 46.8 Å². The Hall–Kier alpha value is -3.79. The second-order valence-electron chi connectivity index (χ2n) is 7.42. The third kappa shape index (κ3) is 7.66. The average molecular weight is 484 g/mol. The van der Waals surface area contributed by atoms with Gasteiger partial charge in [-0.05, 0) is 78.7 Å². The van der Waals surface area contributed by atoms with Crippen molar-refractivity contribution in [3.63, 3.8) is 0 Å². The van der Waals surface area contributed by atoms with Crippen LogP contribution < -0.4 is 21.6 Å². The minimum atomic E-state index is -0.291. The molecule has 10 heteroatoms. The minimum absolute atomic E-state index is 0.180. The van der Waals surface area contributed by atoms with E-state index in [1.807, 2.05) is 25.1 Å². The molecule has 0 saturated heterocycles. The molecule has 9 nitrogen and oxygen atoms in total. The number of ether oxygens (including phenoxy) is 1. The normalized spacial score (nSPS) is 11.6. The van der Waals surface area contributed by atoms with Gasteiger partial charge >= 0.3 is 0 Å². The molecule has 0 radical (unpaired) electrons. The first-order valence-corrected chi connectivity index (χ1v) is 11.3. The number of carbonyl (C=O) groups excluding carboxylic acids is 3. The van der Waals surface area contributed by atoms with E-state index >= 15 is 0 Å². The monoisotopic (exact) mass is 483 g/mol. The number of benzene rings is 2. The van der Waals surface area contributed by atoms with Crippen molar-refractivity contribution < 1.29 is 19.1 Å². The Balaban J connectivity index is 1.92. The summed E-state index contributed by atoms with van der Waals surface area (Å²) >= 11 is 0.823. The number of rotatable bonds is 11. The Morgan fingerprint density at radius 1 is 1.21 bits per heavy atom. The molecule has 0 spiro atoms. The van der Waals surface area contributed by atoms with E-state index < -0.39 is 0 Å². The zero-order chi connectivity index (χ0) is 25.1. The van der Waals surface area contributed by atoms with Crippen molar-refractivity contribution in [3.05, 3.63) is 64.1 Å². The molecule has 0 aliphatic heterocycles. The molecule has 0 fully saturated rings.